The minimum absolute atomic E-state index is 0.0206. The maximum absolute atomic E-state index is 12.6. The molecule has 1 aromatic rings. The molecule has 9 nitrogen and oxygen atoms in total. The van der Waals surface area contributed by atoms with Gasteiger partial charge in [-0.3, -0.25) is 4.79 Å². The third kappa shape index (κ3) is 7.35. The zero-order chi connectivity index (χ0) is 23.6. The van der Waals surface area contributed by atoms with E-state index in [1.807, 2.05) is 0 Å². The van der Waals surface area contributed by atoms with Gasteiger partial charge < -0.3 is 29.8 Å². The van der Waals surface area contributed by atoms with E-state index in [4.69, 9.17) is 9.57 Å². The zero-order valence-electron chi connectivity index (χ0n) is 18.5. The predicted molar refractivity (Wildman–Crippen MR) is 121 cm³/mol. The van der Waals surface area contributed by atoms with Crippen molar-refractivity contribution < 1.29 is 34.5 Å². The highest BCUT2D eigenvalue weighted by Gasteiger charge is 2.21. The number of esters is 1. The molecule has 0 bridgehead atoms. The van der Waals surface area contributed by atoms with Crippen LogP contribution in [0.25, 0.3) is 0 Å². The van der Waals surface area contributed by atoms with E-state index in [1.165, 1.54) is 6.07 Å². The molecular formula is C24H30N2O7. The van der Waals surface area contributed by atoms with Crippen molar-refractivity contribution in [1.29, 1.82) is 0 Å². The van der Waals surface area contributed by atoms with Gasteiger partial charge in [-0.1, -0.05) is 23.4 Å². The number of phenols is 2. The third-order valence-electron chi connectivity index (χ3n) is 5.40. The first-order valence-corrected chi connectivity index (χ1v) is 11.1. The Bertz CT molecular complexity index is 933. The van der Waals surface area contributed by atoms with Crippen LogP contribution in [0.5, 0.6) is 11.5 Å². The first-order valence-electron chi connectivity index (χ1n) is 11.1. The van der Waals surface area contributed by atoms with Gasteiger partial charge in [-0.2, -0.15) is 0 Å². The number of carbonyl (C=O) groups is 2. The smallest absolute Gasteiger partial charge is 0.342 e. The summed E-state index contributed by atoms with van der Waals surface area (Å²) in [5, 5.41) is 34.3. The van der Waals surface area contributed by atoms with E-state index in [2.05, 4.69) is 5.16 Å². The van der Waals surface area contributed by atoms with E-state index in [9.17, 15) is 24.9 Å². The molecule has 0 aliphatic carbocycles. The van der Waals surface area contributed by atoms with Crippen LogP contribution >= 0.6 is 0 Å². The number of aliphatic hydroxyl groups is 1. The number of rotatable bonds is 3. The number of hydrogen-bond acceptors (Lipinski definition) is 8. The molecule has 2 heterocycles. The Hall–Kier alpha value is -3.33. The maximum atomic E-state index is 12.6. The normalized spacial score (nSPS) is 21.2. The Labute approximate surface area is 192 Å². The number of carbonyl (C=O) groups excluding carboxylic acids is 2. The molecule has 1 fully saturated rings. The number of aliphatic hydroxyl groups excluding tert-OH is 1. The number of amides is 1. The van der Waals surface area contributed by atoms with Crippen molar-refractivity contribution in [3.63, 3.8) is 0 Å². The van der Waals surface area contributed by atoms with E-state index in [0.29, 0.717) is 37.2 Å². The van der Waals surface area contributed by atoms with E-state index in [0.717, 1.165) is 25.3 Å². The number of allylic oxidation sites excluding steroid dienone is 1. The minimum atomic E-state index is -0.738. The van der Waals surface area contributed by atoms with Crippen molar-refractivity contribution in [3.8, 4) is 11.5 Å². The molecule has 9 heteroatoms. The zero-order valence-corrected chi connectivity index (χ0v) is 18.5. The third-order valence-corrected chi connectivity index (χ3v) is 5.40. The summed E-state index contributed by atoms with van der Waals surface area (Å²) in [7, 11) is 0. The summed E-state index contributed by atoms with van der Waals surface area (Å²) in [6.45, 7) is 1.26. The molecular weight excluding hydrogens is 428 g/mol. The topological polar surface area (TPSA) is 129 Å². The monoisotopic (exact) mass is 458 g/mol. The fourth-order valence-electron chi connectivity index (χ4n) is 3.73. The summed E-state index contributed by atoms with van der Waals surface area (Å²) in [5.41, 5.74) is 0.563. The molecule has 2 aliphatic heterocycles. The molecule has 2 aliphatic rings. The molecule has 0 radical (unpaired) electrons. The highest BCUT2D eigenvalue weighted by molar-refractivity contribution is 6.00. The van der Waals surface area contributed by atoms with Crippen LogP contribution in [0.15, 0.2) is 41.6 Å². The number of nitrogens with zero attached hydrogens (tertiary/aromatic N) is 2. The Morgan fingerprint density at radius 2 is 1.97 bits per heavy atom. The first-order chi connectivity index (χ1) is 15.9. The minimum Gasteiger partial charge on any atom is -0.508 e. The number of fused-ring (bicyclic) bond motifs is 1. The summed E-state index contributed by atoms with van der Waals surface area (Å²) in [6.07, 6.45) is 9.72. The maximum Gasteiger partial charge on any atom is 0.342 e. The van der Waals surface area contributed by atoms with Gasteiger partial charge in [0, 0.05) is 25.6 Å². The fourth-order valence-corrected chi connectivity index (χ4v) is 3.73. The molecule has 1 amide bonds. The van der Waals surface area contributed by atoms with Crippen molar-refractivity contribution in [2.75, 3.05) is 26.3 Å². The van der Waals surface area contributed by atoms with E-state index < -0.39 is 17.8 Å². The number of oxime groups is 1. The van der Waals surface area contributed by atoms with Crippen LogP contribution in [0.4, 0.5) is 0 Å². The van der Waals surface area contributed by atoms with Gasteiger partial charge in [0.25, 0.3) is 5.91 Å². The van der Waals surface area contributed by atoms with Gasteiger partial charge in [0.1, 0.15) is 17.1 Å². The van der Waals surface area contributed by atoms with Gasteiger partial charge in [0.05, 0.1) is 18.4 Å². The molecule has 3 N–H and O–H groups in total. The van der Waals surface area contributed by atoms with Crippen molar-refractivity contribution in [2.24, 2.45) is 5.16 Å². The molecule has 1 atom stereocenters. The lowest BCUT2D eigenvalue weighted by molar-refractivity contribution is -0.137. The Balaban J connectivity index is 1.83. The van der Waals surface area contributed by atoms with E-state index in [-0.39, 0.29) is 36.9 Å². The van der Waals surface area contributed by atoms with Crippen LogP contribution in [0, 0.1) is 0 Å². The van der Waals surface area contributed by atoms with Gasteiger partial charge in [-0.15, -0.1) is 0 Å². The predicted octanol–water partition coefficient (Wildman–Crippen LogP) is 2.45. The second-order valence-electron chi connectivity index (χ2n) is 8.03. The van der Waals surface area contributed by atoms with Gasteiger partial charge >= 0.3 is 5.97 Å². The summed E-state index contributed by atoms with van der Waals surface area (Å²) >= 11 is 0. The van der Waals surface area contributed by atoms with E-state index >= 15 is 0 Å². The second-order valence-corrected chi connectivity index (χ2v) is 8.03. The van der Waals surface area contributed by atoms with Crippen molar-refractivity contribution in [1.82, 2.24) is 4.90 Å². The second kappa shape index (κ2) is 12.1. The molecule has 1 saturated heterocycles. The number of piperidine rings is 1. The lowest BCUT2D eigenvalue weighted by Gasteiger charge is -2.26. The summed E-state index contributed by atoms with van der Waals surface area (Å²) in [5.74, 6) is -1.51. The number of hydrogen-bond donors (Lipinski definition) is 3. The summed E-state index contributed by atoms with van der Waals surface area (Å²) in [4.78, 5) is 32.0. The van der Waals surface area contributed by atoms with Gasteiger partial charge in [-0.25, -0.2) is 4.79 Å². The Morgan fingerprint density at radius 1 is 1.18 bits per heavy atom. The van der Waals surface area contributed by atoms with Gasteiger partial charge in [0.15, 0.2) is 6.61 Å². The Morgan fingerprint density at radius 3 is 2.76 bits per heavy atom. The van der Waals surface area contributed by atoms with Crippen molar-refractivity contribution in [2.45, 2.75) is 44.6 Å². The van der Waals surface area contributed by atoms with Crippen LogP contribution < -0.4 is 0 Å². The molecule has 0 aromatic heterocycles. The summed E-state index contributed by atoms with van der Waals surface area (Å²) in [6, 6.07) is 2.42. The molecule has 1 aromatic carbocycles. The SMILES string of the molecule is O=C1OCCC=CC(O)CC=CC(=NOCC(=O)N2CCCCC2)Cc2cc(O)cc(O)c21. The Kier molecular flexibility index (Phi) is 8.88. The number of cyclic esters (lactones) is 1. The first kappa shape index (κ1) is 24.3. The van der Waals surface area contributed by atoms with Crippen LogP contribution in [0.3, 0.4) is 0 Å². The van der Waals surface area contributed by atoms with Crippen molar-refractivity contribution >= 4 is 17.6 Å². The quantitative estimate of drug-likeness (QED) is 0.360. The molecule has 3 rings (SSSR count). The van der Waals surface area contributed by atoms with Crippen molar-refractivity contribution in [3.05, 3.63) is 47.6 Å². The number of phenolic OH excluding ortho intramolecular Hbond substituents is 2. The average molecular weight is 459 g/mol. The van der Waals surface area contributed by atoms with Crippen LogP contribution in [-0.2, 0) is 20.8 Å². The van der Waals surface area contributed by atoms with Crippen LogP contribution in [0.2, 0.25) is 0 Å². The number of aromatic hydroxyl groups is 2. The lowest BCUT2D eigenvalue weighted by atomic mass is 9.99. The summed E-state index contributed by atoms with van der Waals surface area (Å²) < 4.78 is 5.23. The average Bonchev–Trinajstić information content (AvgIpc) is 2.78. The largest absolute Gasteiger partial charge is 0.508 e. The van der Waals surface area contributed by atoms with Gasteiger partial charge in [0.2, 0.25) is 0 Å². The lowest BCUT2D eigenvalue weighted by Crippen LogP contribution is -2.37. The van der Waals surface area contributed by atoms with Crippen LogP contribution in [-0.4, -0.2) is 70.2 Å². The fraction of sp³-hybridized carbons (Fsp3) is 0.458. The molecule has 178 valence electrons. The molecule has 1 unspecified atom stereocenters. The molecule has 0 spiro atoms. The molecule has 0 saturated carbocycles. The number of ether oxygens (including phenoxy) is 1. The highest BCUT2D eigenvalue weighted by atomic mass is 16.6. The number of benzene rings is 1. The standard InChI is InChI=1S/C24H30N2O7/c27-19-8-2-5-12-32-24(31)23-17(14-20(28)15-21(23)29)13-18(7-6-9-19)25-33-16-22(30)26-10-3-1-4-11-26/h2,6-8,14-15,19,27-29H,1,3-5,9-13,16H2. The highest BCUT2D eigenvalue weighted by Crippen LogP contribution is 2.29. The molecule has 33 heavy (non-hydrogen) atoms. The van der Waals surface area contributed by atoms with Gasteiger partial charge in [-0.05, 0) is 49.8 Å². The van der Waals surface area contributed by atoms with Crippen LogP contribution in [0.1, 0.15) is 48.0 Å². The number of likely N-dealkylation sites (tertiary alicyclic amines) is 1. The van der Waals surface area contributed by atoms with E-state index in [1.54, 1.807) is 29.2 Å².